The van der Waals surface area contributed by atoms with Gasteiger partial charge in [0.1, 0.15) is 23.1 Å². The smallest absolute Gasteiger partial charge is 0.368 e. The van der Waals surface area contributed by atoms with Crippen LogP contribution >= 0.6 is 0 Å². The summed E-state index contributed by atoms with van der Waals surface area (Å²) in [6.07, 6.45) is -5.42. The van der Waals surface area contributed by atoms with Crippen LogP contribution in [0.5, 0.6) is 0 Å². The number of alkyl halides is 5. The van der Waals surface area contributed by atoms with Gasteiger partial charge in [0.15, 0.2) is 11.6 Å². The lowest BCUT2D eigenvalue weighted by Crippen LogP contribution is -2.56. The predicted octanol–water partition coefficient (Wildman–Crippen LogP) is 5.14. The van der Waals surface area contributed by atoms with E-state index in [9.17, 15) is 31.5 Å². The lowest BCUT2D eigenvalue weighted by molar-refractivity contribution is -0.137. The third-order valence-corrected chi connectivity index (χ3v) is 9.00. The van der Waals surface area contributed by atoms with Gasteiger partial charge in [0, 0.05) is 58.0 Å². The van der Waals surface area contributed by atoms with Crippen molar-refractivity contribution < 1.29 is 31.5 Å². The van der Waals surface area contributed by atoms with Crippen LogP contribution in [-0.4, -0.2) is 74.1 Å². The van der Waals surface area contributed by atoms with Crippen molar-refractivity contribution in [2.45, 2.75) is 83.8 Å². The number of aryl methyl sites for hydroxylation is 2. The highest BCUT2D eigenvalue weighted by molar-refractivity contribution is 5.86. The molecule has 2 saturated heterocycles. The molecule has 2 aliphatic heterocycles. The Balaban J connectivity index is 0.00000196. The molecule has 1 saturated carbocycles. The average molecular weight is 639 g/mol. The minimum Gasteiger partial charge on any atom is -0.368 e. The monoisotopic (exact) mass is 638 g/mol. The van der Waals surface area contributed by atoms with Crippen LogP contribution in [0.15, 0.2) is 29.1 Å². The molecule has 3 atom stereocenters. The van der Waals surface area contributed by atoms with Gasteiger partial charge in [-0.05, 0) is 37.5 Å². The number of hydrogen-bond acceptors (Lipinski definition) is 7. The molecule has 2 aromatic heterocycles. The maximum Gasteiger partial charge on any atom is 0.416 e. The summed E-state index contributed by atoms with van der Waals surface area (Å²) in [5.74, 6) is -2.20. The van der Waals surface area contributed by atoms with E-state index in [0.29, 0.717) is 61.0 Å². The van der Waals surface area contributed by atoms with Crippen molar-refractivity contribution in [2.75, 3.05) is 31.1 Å². The fourth-order valence-corrected chi connectivity index (χ4v) is 6.78. The average Bonchev–Trinajstić information content (AvgIpc) is 3.53. The SMILES string of the molecule is CC.Cc1nc2c(N3CCN(C(c4ccc(C(F)(F)F)cc4)C4CC(F)(F)C4)CC3C)nc(=O)n(C)c2n1CC1OCCC1=O. The fourth-order valence-electron chi connectivity index (χ4n) is 6.78. The standard InChI is InChI=1S/C29H33F5N6O3.C2H6/c1-16-14-38(24(19-12-28(30,31)13-19)18-4-6-20(7-5-18)29(32,33)34)9-10-39(16)25-23-26(37(3)27(42)36-25)40(17(2)35-23)15-22-21(41)8-11-43-22;1-2/h4-7,16,19,22,24H,8-15H2,1-3H3;1-2H3. The molecule has 3 aliphatic rings. The molecular weight excluding hydrogens is 599 g/mol. The lowest BCUT2D eigenvalue weighted by atomic mass is 9.73. The van der Waals surface area contributed by atoms with Crippen molar-refractivity contribution in [2.24, 2.45) is 13.0 Å². The number of ether oxygens (including phenoxy) is 1. The zero-order valence-corrected chi connectivity index (χ0v) is 26.1. The molecular formula is C31H39F5N6O3. The van der Waals surface area contributed by atoms with Gasteiger partial charge in [-0.25, -0.2) is 18.6 Å². The number of carbonyl (C=O) groups excluding carboxylic acids is 1. The highest BCUT2D eigenvalue weighted by Gasteiger charge is 2.51. The van der Waals surface area contributed by atoms with Gasteiger partial charge in [-0.1, -0.05) is 26.0 Å². The summed E-state index contributed by atoms with van der Waals surface area (Å²) in [4.78, 5) is 38.4. The number of hydrogen-bond donors (Lipinski definition) is 0. The van der Waals surface area contributed by atoms with Crippen molar-refractivity contribution in [3.63, 3.8) is 0 Å². The van der Waals surface area contributed by atoms with Gasteiger partial charge in [-0.2, -0.15) is 18.2 Å². The largest absolute Gasteiger partial charge is 0.416 e. The maximum absolute atomic E-state index is 14.0. The van der Waals surface area contributed by atoms with Gasteiger partial charge in [0.2, 0.25) is 5.92 Å². The molecule has 3 unspecified atom stereocenters. The molecule has 1 aliphatic carbocycles. The number of fused-ring (bicyclic) bond motifs is 1. The minimum absolute atomic E-state index is 0.00269. The minimum atomic E-state index is -4.49. The zero-order chi connectivity index (χ0) is 32.8. The molecule has 1 aromatic carbocycles. The second-order valence-electron chi connectivity index (χ2n) is 11.9. The summed E-state index contributed by atoms with van der Waals surface area (Å²) >= 11 is 0. The molecule has 3 fully saturated rings. The first kappa shape index (κ1) is 33.0. The quantitative estimate of drug-likeness (QED) is 0.346. The summed E-state index contributed by atoms with van der Waals surface area (Å²) < 4.78 is 76.3. The Bertz CT molecular complexity index is 1590. The number of halogens is 5. The first-order valence-electron chi connectivity index (χ1n) is 15.4. The van der Waals surface area contributed by atoms with E-state index in [1.807, 2.05) is 25.7 Å². The van der Waals surface area contributed by atoms with Gasteiger partial charge in [-0.3, -0.25) is 14.3 Å². The molecule has 0 bridgehead atoms. The topological polar surface area (TPSA) is 85.5 Å². The van der Waals surface area contributed by atoms with Crippen molar-refractivity contribution in [3.05, 3.63) is 51.7 Å². The highest BCUT2D eigenvalue weighted by atomic mass is 19.4. The molecule has 0 N–H and O–H groups in total. The van der Waals surface area contributed by atoms with Gasteiger partial charge in [0.05, 0.1) is 18.7 Å². The Kier molecular flexibility index (Phi) is 9.11. The molecule has 6 rings (SSSR count). The van der Waals surface area contributed by atoms with Gasteiger partial charge < -0.3 is 14.2 Å². The highest BCUT2D eigenvalue weighted by Crippen LogP contribution is 2.51. The molecule has 9 nitrogen and oxygen atoms in total. The van der Waals surface area contributed by atoms with Gasteiger partial charge in [0.25, 0.3) is 0 Å². The van der Waals surface area contributed by atoms with Crippen LogP contribution in [0.3, 0.4) is 0 Å². The molecule has 246 valence electrons. The Morgan fingerprint density at radius 1 is 1.07 bits per heavy atom. The van der Waals surface area contributed by atoms with Crippen LogP contribution < -0.4 is 10.6 Å². The van der Waals surface area contributed by atoms with E-state index >= 15 is 0 Å². The predicted molar refractivity (Wildman–Crippen MR) is 158 cm³/mol. The number of carbonyl (C=O) groups is 1. The van der Waals surface area contributed by atoms with E-state index in [4.69, 9.17) is 9.72 Å². The normalized spacial score (nSPS) is 23.2. The van der Waals surface area contributed by atoms with Crippen LogP contribution in [0.4, 0.5) is 27.8 Å². The number of aromatic nitrogens is 4. The van der Waals surface area contributed by atoms with E-state index in [0.717, 1.165) is 12.1 Å². The molecule has 3 aromatic rings. The molecule has 0 amide bonds. The second-order valence-corrected chi connectivity index (χ2v) is 11.9. The van der Waals surface area contributed by atoms with Crippen LogP contribution in [0.2, 0.25) is 0 Å². The molecule has 4 heterocycles. The van der Waals surface area contributed by atoms with Crippen molar-refractivity contribution >= 4 is 22.8 Å². The number of anilines is 1. The van der Waals surface area contributed by atoms with Crippen LogP contribution in [-0.2, 0) is 29.3 Å². The fraction of sp³-hybridized carbons (Fsp3) is 0.613. The van der Waals surface area contributed by atoms with Crippen molar-refractivity contribution in [1.29, 1.82) is 0 Å². The van der Waals surface area contributed by atoms with Gasteiger partial charge in [-0.15, -0.1) is 0 Å². The number of imidazole rings is 1. The van der Waals surface area contributed by atoms with E-state index in [-0.39, 0.29) is 31.2 Å². The molecule has 14 heteroatoms. The first-order chi connectivity index (χ1) is 21.2. The van der Waals surface area contributed by atoms with Crippen LogP contribution in [0.1, 0.15) is 63.0 Å². The van der Waals surface area contributed by atoms with E-state index < -0.39 is 41.4 Å². The molecule has 45 heavy (non-hydrogen) atoms. The maximum atomic E-state index is 14.0. The van der Waals surface area contributed by atoms with Crippen LogP contribution in [0.25, 0.3) is 11.2 Å². The zero-order valence-electron chi connectivity index (χ0n) is 26.1. The summed E-state index contributed by atoms with van der Waals surface area (Å²) in [7, 11) is 1.60. The van der Waals surface area contributed by atoms with Crippen LogP contribution in [0, 0.1) is 12.8 Å². The summed E-state index contributed by atoms with van der Waals surface area (Å²) in [6.45, 7) is 9.53. The van der Waals surface area contributed by atoms with Crippen molar-refractivity contribution in [1.82, 2.24) is 24.0 Å². The molecule has 0 spiro atoms. The van der Waals surface area contributed by atoms with E-state index in [1.54, 1.807) is 18.5 Å². The van der Waals surface area contributed by atoms with E-state index in [2.05, 4.69) is 9.88 Å². The summed E-state index contributed by atoms with van der Waals surface area (Å²) in [5, 5.41) is 0. The Morgan fingerprint density at radius 3 is 2.29 bits per heavy atom. The lowest BCUT2D eigenvalue weighted by Gasteiger charge is -2.49. The number of piperazine rings is 1. The third kappa shape index (κ3) is 6.35. The Labute approximate surface area is 258 Å². The number of rotatable bonds is 6. The Morgan fingerprint density at radius 2 is 1.73 bits per heavy atom. The second kappa shape index (κ2) is 12.4. The number of Topliss-reactive ketones (excluding diaryl/α,β-unsaturated/α-hetero) is 1. The number of nitrogens with zero attached hydrogens (tertiary/aromatic N) is 6. The molecule has 0 radical (unpaired) electrons. The van der Waals surface area contributed by atoms with E-state index in [1.165, 1.54) is 16.7 Å². The van der Waals surface area contributed by atoms with Gasteiger partial charge >= 0.3 is 11.9 Å². The number of ketones is 1. The van der Waals surface area contributed by atoms with Crippen molar-refractivity contribution in [3.8, 4) is 0 Å². The summed E-state index contributed by atoms with van der Waals surface area (Å²) in [6, 6.07) is 4.08. The summed E-state index contributed by atoms with van der Waals surface area (Å²) in [5.41, 5.74) is 0.317. The first-order valence-corrected chi connectivity index (χ1v) is 15.4. The third-order valence-electron chi connectivity index (χ3n) is 9.00. The number of benzene rings is 1. The Hall–Kier alpha value is -3.39.